The van der Waals surface area contributed by atoms with E-state index in [0.29, 0.717) is 0 Å². The maximum Gasteiger partial charge on any atom is 0.428 e. The van der Waals surface area contributed by atoms with Crippen molar-refractivity contribution in [1.29, 1.82) is 5.41 Å². The lowest BCUT2D eigenvalue weighted by Crippen LogP contribution is -2.60. The zero-order valence-corrected chi connectivity index (χ0v) is 8.02. The molecule has 1 atom stereocenters. The number of hydrogen-bond acceptors (Lipinski definition) is 1. The van der Waals surface area contributed by atoms with Gasteiger partial charge in [0.2, 0.25) is 0 Å². The third kappa shape index (κ3) is 2.27. The lowest BCUT2D eigenvalue weighted by atomic mass is 9.92. The lowest BCUT2D eigenvalue weighted by molar-refractivity contribution is -0.278. The first-order chi connectivity index (χ1) is 6.65. The van der Waals surface area contributed by atoms with Gasteiger partial charge in [0, 0.05) is 6.92 Å². The highest BCUT2D eigenvalue weighted by atomic mass is 19.4. The van der Waals surface area contributed by atoms with Crippen LogP contribution in [0.3, 0.4) is 0 Å². The smallest absolute Gasteiger partial charge is 0.298 e. The predicted molar refractivity (Wildman–Crippen MR) is 38.9 cm³/mol. The Morgan fingerprint density at radius 3 is 1.31 bits per heavy atom. The molecule has 0 heterocycles. The van der Waals surface area contributed by atoms with E-state index < -0.39 is 36.3 Å². The van der Waals surface area contributed by atoms with Crippen molar-refractivity contribution in [3.63, 3.8) is 0 Å². The summed E-state index contributed by atoms with van der Waals surface area (Å²) in [7, 11) is 0. The maximum absolute atomic E-state index is 12.8. The van der Waals surface area contributed by atoms with Crippen molar-refractivity contribution in [2.45, 2.75) is 37.5 Å². The van der Waals surface area contributed by atoms with Crippen LogP contribution in [0.2, 0.25) is 0 Å². The fourth-order valence-corrected chi connectivity index (χ4v) is 0.688. The molecule has 0 spiro atoms. The molecule has 1 N–H and O–H groups in total. The summed E-state index contributed by atoms with van der Waals surface area (Å²) in [6, 6.07) is 0. The molecule has 0 amide bonds. The molecular weight excluding hydrogens is 250 g/mol. The minimum atomic E-state index is -6.06. The van der Waals surface area contributed by atoms with Gasteiger partial charge in [0.15, 0.2) is 5.71 Å². The molecule has 1 unspecified atom stereocenters. The van der Waals surface area contributed by atoms with Gasteiger partial charge in [-0.05, 0) is 6.92 Å². The molecule has 0 aliphatic carbocycles. The van der Waals surface area contributed by atoms with Crippen LogP contribution in [0.25, 0.3) is 0 Å². The van der Waals surface area contributed by atoms with E-state index in [2.05, 4.69) is 0 Å². The Labute approximate surface area is 84.9 Å². The van der Waals surface area contributed by atoms with Crippen molar-refractivity contribution in [3.05, 3.63) is 0 Å². The fourth-order valence-electron chi connectivity index (χ4n) is 0.688. The molecule has 0 bridgehead atoms. The van der Waals surface area contributed by atoms with E-state index in [1.54, 1.807) is 0 Å². The van der Waals surface area contributed by atoms with Crippen LogP contribution in [0.4, 0.5) is 35.1 Å². The number of halogens is 8. The minimum absolute atomic E-state index is 0.213. The van der Waals surface area contributed by atoms with Gasteiger partial charge in [-0.25, -0.2) is 13.2 Å². The third-order valence-electron chi connectivity index (χ3n) is 1.87. The van der Waals surface area contributed by atoms with Gasteiger partial charge in [-0.2, -0.15) is 22.0 Å². The molecule has 96 valence electrons. The molecule has 9 heteroatoms. The Morgan fingerprint density at radius 1 is 0.812 bits per heavy atom. The Morgan fingerprint density at radius 2 is 1.12 bits per heavy atom. The quantitative estimate of drug-likeness (QED) is 0.590. The highest BCUT2D eigenvalue weighted by Crippen LogP contribution is 2.47. The molecule has 0 rings (SSSR count). The first-order valence-corrected chi connectivity index (χ1v) is 3.76. The Hall–Kier alpha value is -0.890. The molecule has 0 aliphatic heterocycles. The largest absolute Gasteiger partial charge is 0.428 e. The van der Waals surface area contributed by atoms with E-state index in [-0.39, 0.29) is 6.92 Å². The summed E-state index contributed by atoms with van der Waals surface area (Å²) in [5.74, 6) is -10.2. The second kappa shape index (κ2) is 3.56. The van der Waals surface area contributed by atoms with Gasteiger partial charge >= 0.3 is 12.1 Å². The topological polar surface area (TPSA) is 23.9 Å². The molecular formula is C7H7F8N. The van der Waals surface area contributed by atoms with Crippen LogP contribution in [0.1, 0.15) is 13.8 Å². The van der Waals surface area contributed by atoms with Crippen molar-refractivity contribution in [3.8, 4) is 0 Å². The number of nitrogens with one attached hydrogen (secondary N) is 1. The normalized spacial score (nSPS) is 18.1. The highest BCUT2D eigenvalue weighted by molar-refractivity contribution is 5.95. The highest BCUT2D eigenvalue weighted by Gasteiger charge is 2.72. The van der Waals surface area contributed by atoms with Crippen LogP contribution in [-0.2, 0) is 0 Å². The molecule has 0 aromatic rings. The van der Waals surface area contributed by atoms with Crippen molar-refractivity contribution < 1.29 is 35.1 Å². The Balaban J connectivity index is 5.46. The predicted octanol–water partition coefficient (Wildman–Crippen LogP) is 3.59. The van der Waals surface area contributed by atoms with E-state index in [1.807, 2.05) is 0 Å². The first-order valence-electron chi connectivity index (χ1n) is 3.76. The fraction of sp³-hybridized carbons (Fsp3) is 0.857. The molecule has 0 radical (unpaired) electrons. The van der Waals surface area contributed by atoms with E-state index >= 15 is 0 Å². The van der Waals surface area contributed by atoms with Crippen LogP contribution in [0.5, 0.6) is 0 Å². The third-order valence-corrected chi connectivity index (χ3v) is 1.87. The van der Waals surface area contributed by atoms with Crippen LogP contribution >= 0.6 is 0 Å². The van der Waals surface area contributed by atoms with Crippen LogP contribution in [0.15, 0.2) is 0 Å². The van der Waals surface area contributed by atoms with Crippen molar-refractivity contribution in [2.75, 3.05) is 0 Å². The van der Waals surface area contributed by atoms with Gasteiger partial charge in [-0.3, -0.25) is 5.41 Å². The molecule has 16 heavy (non-hydrogen) atoms. The number of hydrogen-bond donors (Lipinski definition) is 1. The van der Waals surface area contributed by atoms with Crippen molar-refractivity contribution in [2.24, 2.45) is 0 Å². The maximum atomic E-state index is 12.8. The summed E-state index contributed by atoms with van der Waals surface area (Å²) < 4.78 is 98.6. The molecule has 0 saturated carbocycles. The zero-order chi connectivity index (χ0) is 13.6. The van der Waals surface area contributed by atoms with Gasteiger partial charge < -0.3 is 0 Å². The summed E-state index contributed by atoms with van der Waals surface area (Å²) >= 11 is 0. The number of alkyl halides is 8. The van der Waals surface area contributed by atoms with Gasteiger partial charge in [-0.15, -0.1) is 0 Å². The zero-order valence-electron chi connectivity index (χ0n) is 8.02. The molecule has 1 nitrogen and oxygen atoms in total. The molecule has 0 aromatic heterocycles. The Bertz CT molecular complexity index is 284. The first kappa shape index (κ1) is 15.1. The SMILES string of the molecule is CC(F)(F)C(=N)C(F)(F)C(C)(F)C(F)(F)F. The summed E-state index contributed by atoms with van der Waals surface area (Å²) in [5, 5.41) is 6.24. The van der Waals surface area contributed by atoms with Crippen molar-refractivity contribution in [1.82, 2.24) is 0 Å². The standard InChI is InChI=1S/C7H7F8N/c1-4(8,9)3(16)6(11,12)5(2,10)7(13,14)15/h16H,1-2H3. The van der Waals surface area contributed by atoms with Crippen molar-refractivity contribution >= 4 is 5.71 Å². The Kier molecular flexibility index (Phi) is 3.36. The van der Waals surface area contributed by atoms with Crippen LogP contribution in [-0.4, -0.2) is 29.4 Å². The molecule has 0 aliphatic rings. The molecule has 0 fully saturated rings. The minimum Gasteiger partial charge on any atom is -0.298 e. The van der Waals surface area contributed by atoms with E-state index in [9.17, 15) is 35.1 Å². The molecule has 0 aromatic carbocycles. The van der Waals surface area contributed by atoms with Gasteiger partial charge in [0.25, 0.3) is 11.6 Å². The summed E-state index contributed by atoms with van der Waals surface area (Å²) in [6.45, 7) is -0.803. The van der Waals surface area contributed by atoms with Gasteiger partial charge in [-0.1, -0.05) is 0 Å². The second-order valence-corrected chi connectivity index (χ2v) is 3.34. The second-order valence-electron chi connectivity index (χ2n) is 3.34. The lowest BCUT2D eigenvalue weighted by Gasteiger charge is -2.33. The van der Waals surface area contributed by atoms with E-state index in [1.165, 1.54) is 0 Å². The summed E-state index contributed by atoms with van der Waals surface area (Å²) in [5.41, 5.74) is -8.14. The van der Waals surface area contributed by atoms with E-state index in [4.69, 9.17) is 5.41 Å². The van der Waals surface area contributed by atoms with Crippen LogP contribution in [0, 0.1) is 5.41 Å². The monoisotopic (exact) mass is 257 g/mol. The average Bonchev–Trinajstić information content (AvgIpc) is 1.98. The van der Waals surface area contributed by atoms with Gasteiger partial charge in [0.05, 0.1) is 0 Å². The average molecular weight is 257 g/mol. The van der Waals surface area contributed by atoms with Crippen LogP contribution < -0.4 is 0 Å². The summed E-state index contributed by atoms with van der Waals surface area (Å²) in [6.07, 6.45) is -6.06. The number of rotatable bonds is 3. The molecule has 0 saturated heterocycles. The summed E-state index contributed by atoms with van der Waals surface area (Å²) in [4.78, 5) is 0. The van der Waals surface area contributed by atoms with Gasteiger partial charge in [0.1, 0.15) is 0 Å². The van der Waals surface area contributed by atoms with E-state index in [0.717, 1.165) is 0 Å².